The lowest BCUT2D eigenvalue weighted by Crippen LogP contribution is -2.22. The van der Waals surface area contributed by atoms with Gasteiger partial charge in [0.25, 0.3) is 5.91 Å². The monoisotopic (exact) mass is 283 g/mol. The Kier molecular flexibility index (Phi) is 5.06. The van der Waals surface area contributed by atoms with E-state index in [-0.39, 0.29) is 5.91 Å². The lowest BCUT2D eigenvalue weighted by molar-refractivity contribution is 0.102. The summed E-state index contributed by atoms with van der Waals surface area (Å²) in [5, 5.41) is 6.24. The minimum absolute atomic E-state index is 0.187. The first kappa shape index (κ1) is 15.2. The van der Waals surface area contributed by atoms with Gasteiger partial charge in [-0.15, -0.1) is 0 Å². The van der Waals surface area contributed by atoms with Gasteiger partial charge in [-0.05, 0) is 36.8 Å². The molecule has 0 atom stereocenters. The molecular weight excluding hydrogens is 262 g/mol. The third-order valence-electron chi connectivity index (χ3n) is 3.02. The first-order valence-electron chi connectivity index (χ1n) is 7.12. The summed E-state index contributed by atoms with van der Waals surface area (Å²) in [6, 6.07) is 13.7. The summed E-state index contributed by atoms with van der Waals surface area (Å²) in [6.45, 7) is 6.86. The summed E-state index contributed by atoms with van der Waals surface area (Å²) >= 11 is 0. The van der Waals surface area contributed by atoms with Crippen molar-refractivity contribution in [3.8, 4) is 0 Å². The van der Waals surface area contributed by atoms with Crippen LogP contribution in [0.2, 0.25) is 0 Å². The van der Waals surface area contributed by atoms with Gasteiger partial charge in [0.1, 0.15) is 5.69 Å². The van der Waals surface area contributed by atoms with Gasteiger partial charge >= 0.3 is 0 Å². The molecule has 0 bridgehead atoms. The normalized spacial score (nSPS) is 10.7. The number of benzene rings is 1. The van der Waals surface area contributed by atoms with E-state index in [1.165, 1.54) is 0 Å². The standard InChI is InChI=1S/C17H21N3O/c1-12(2)18-11-14-7-5-8-15(10-14)20-17(21)16-9-4-6-13(3)19-16/h4-10,12,18H,11H2,1-3H3,(H,20,21). The molecule has 1 amide bonds. The number of aromatic nitrogens is 1. The SMILES string of the molecule is Cc1cccc(C(=O)Nc2cccc(CNC(C)C)c2)n1. The summed E-state index contributed by atoms with van der Waals surface area (Å²) in [5.41, 5.74) is 3.18. The van der Waals surface area contributed by atoms with Crippen LogP contribution >= 0.6 is 0 Å². The Labute approximate surface area is 125 Å². The van der Waals surface area contributed by atoms with E-state index < -0.39 is 0 Å². The van der Waals surface area contributed by atoms with Gasteiger partial charge in [0.05, 0.1) is 0 Å². The van der Waals surface area contributed by atoms with Crippen LogP contribution in [0.1, 0.15) is 35.6 Å². The van der Waals surface area contributed by atoms with Crippen LogP contribution in [0, 0.1) is 6.92 Å². The molecule has 0 unspecified atom stereocenters. The average molecular weight is 283 g/mol. The topological polar surface area (TPSA) is 54.0 Å². The summed E-state index contributed by atoms with van der Waals surface area (Å²) in [6.07, 6.45) is 0. The fourth-order valence-corrected chi connectivity index (χ4v) is 1.95. The molecule has 1 heterocycles. The lowest BCUT2D eigenvalue weighted by Gasteiger charge is -2.10. The molecule has 1 aromatic carbocycles. The van der Waals surface area contributed by atoms with E-state index in [2.05, 4.69) is 29.5 Å². The summed E-state index contributed by atoms with van der Waals surface area (Å²) < 4.78 is 0. The number of pyridine rings is 1. The first-order chi connectivity index (χ1) is 10.0. The summed E-state index contributed by atoms with van der Waals surface area (Å²) in [5.74, 6) is -0.187. The van der Waals surface area contributed by atoms with Crippen molar-refractivity contribution in [2.75, 3.05) is 5.32 Å². The second-order valence-electron chi connectivity index (χ2n) is 5.35. The number of hydrogen-bond donors (Lipinski definition) is 2. The number of amides is 1. The molecule has 0 aliphatic heterocycles. The summed E-state index contributed by atoms with van der Waals surface area (Å²) in [7, 11) is 0. The molecule has 4 heteroatoms. The molecule has 0 radical (unpaired) electrons. The van der Waals surface area contributed by atoms with Gasteiger partial charge in [-0.3, -0.25) is 4.79 Å². The Hall–Kier alpha value is -2.20. The minimum Gasteiger partial charge on any atom is -0.321 e. The maximum atomic E-state index is 12.2. The van der Waals surface area contributed by atoms with Crippen LogP contribution < -0.4 is 10.6 Å². The third kappa shape index (κ3) is 4.68. The Balaban J connectivity index is 2.05. The van der Waals surface area contributed by atoms with E-state index in [0.29, 0.717) is 11.7 Å². The van der Waals surface area contributed by atoms with E-state index >= 15 is 0 Å². The van der Waals surface area contributed by atoms with E-state index in [1.54, 1.807) is 6.07 Å². The maximum absolute atomic E-state index is 12.2. The lowest BCUT2D eigenvalue weighted by atomic mass is 10.2. The second kappa shape index (κ2) is 6.99. The summed E-state index contributed by atoms with van der Waals surface area (Å²) in [4.78, 5) is 16.4. The molecule has 0 saturated carbocycles. The molecule has 21 heavy (non-hydrogen) atoms. The van der Waals surface area contributed by atoms with E-state index in [1.807, 2.05) is 43.3 Å². The molecule has 110 valence electrons. The fraction of sp³-hybridized carbons (Fsp3) is 0.294. The largest absolute Gasteiger partial charge is 0.321 e. The Morgan fingerprint density at radius 1 is 1.19 bits per heavy atom. The van der Waals surface area contributed by atoms with Crippen molar-refractivity contribution < 1.29 is 4.79 Å². The number of hydrogen-bond acceptors (Lipinski definition) is 3. The van der Waals surface area contributed by atoms with Crippen LogP contribution in [0.15, 0.2) is 42.5 Å². The van der Waals surface area contributed by atoms with Crippen molar-refractivity contribution in [2.24, 2.45) is 0 Å². The van der Waals surface area contributed by atoms with Crippen molar-refractivity contribution in [3.63, 3.8) is 0 Å². The van der Waals surface area contributed by atoms with E-state index in [9.17, 15) is 4.79 Å². The highest BCUT2D eigenvalue weighted by molar-refractivity contribution is 6.02. The van der Waals surface area contributed by atoms with Crippen molar-refractivity contribution >= 4 is 11.6 Å². The smallest absolute Gasteiger partial charge is 0.274 e. The predicted molar refractivity (Wildman–Crippen MR) is 85.3 cm³/mol. The van der Waals surface area contributed by atoms with Crippen LogP contribution in [0.25, 0.3) is 0 Å². The van der Waals surface area contributed by atoms with Crippen molar-refractivity contribution in [1.29, 1.82) is 0 Å². The molecule has 1 aromatic heterocycles. The highest BCUT2D eigenvalue weighted by Gasteiger charge is 2.08. The average Bonchev–Trinajstić information content (AvgIpc) is 2.45. The number of aryl methyl sites for hydroxylation is 1. The number of rotatable bonds is 5. The van der Waals surface area contributed by atoms with Gasteiger partial charge in [0.15, 0.2) is 0 Å². The van der Waals surface area contributed by atoms with Crippen LogP contribution in [0.3, 0.4) is 0 Å². The Bertz CT molecular complexity index is 623. The van der Waals surface area contributed by atoms with Crippen molar-refractivity contribution in [2.45, 2.75) is 33.4 Å². The highest BCUT2D eigenvalue weighted by Crippen LogP contribution is 2.12. The number of nitrogens with zero attached hydrogens (tertiary/aromatic N) is 1. The Morgan fingerprint density at radius 2 is 1.95 bits per heavy atom. The second-order valence-corrected chi connectivity index (χ2v) is 5.35. The van der Waals surface area contributed by atoms with E-state index in [0.717, 1.165) is 23.5 Å². The van der Waals surface area contributed by atoms with Gasteiger partial charge in [-0.25, -0.2) is 4.98 Å². The molecule has 0 saturated heterocycles. The highest BCUT2D eigenvalue weighted by atomic mass is 16.1. The minimum atomic E-state index is -0.187. The van der Waals surface area contributed by atoms with Gasteiger partial charge in [-0.2, -0.15) is 0 Å². The first-order valence-corrected chi connectivity index (χ1v) is 7.12. The van der Waals surface area contributed by atoms with Gasteiger partial charge in [0, 0.05) is 24.0 Å². The van der Waals surface area contributed by atoms with Crippen LogP contribution in [0.5, 0.6) is 0 Å². The van der Waals surface area contributed by atoms with Gasteiger partial charge < -0.3 is 10.6 Å². The van der Waals surface area contributed by atoms with Gasteiger partial charge in [-0.1, -0.05) is 32.0 Å². The molecule has 0 fully saturated rings. The molecule has 4 nitrogen and oxygen atoms in total. The maximum Gasteiger partial charge on any atom is 0.274 e. The zero-order valence-electron chi connectivity index (χ0n) is 12.7. The third-order valence-corrected chi connectivity index (χ3v) is 3.02. The zero-order valence-corrected chi connectivity index (χ0v) is 12.7. The number of carbonyl (C=O) groups is 1. The molecule has 2 rings (SSSR count). The fourth-order valence-electron chi connectivity index (χ4n) is 1.95. The molecule has 0 spiro atoms. The van der Waals surface area contributed by atoms with Crippen LogP contribution in [0.4, 0.5) is 5.69 Å². The predicted octanol–water partition coefficient (Wildman–Crippen LogP) is 3.14. The van der Waals surface area contributed by atoms with E-state index in [4.69, 9.17) is 0 Å². The van der Waals surface area contributed by atoms with Crippen molar-refractivity contribution in [3.05, 3.63) is 59.4 Å². The van der Waals surface area contributed by atoms with Crippen LogP contribution in [-0.4, -0.2) is 16.9 Å². The molecular formula is C17H21N3O. The Morgan fingerprint density at radius 3 is 2.67 bits per heavy atom. The van der Waals surface area contributed by atoms with Crippen LogP contribution in [-0.2, 0) is 6.54 Å². The quantitative estimate of drug-likeness (QED) is 0.886. The number of anilines is 1. The number of nitrogens with one attached hydrogen (secondary N) is 2. The van der Waals surface area contributed by atoms with Crippen molar-refractivity contribution in [1.82, 2.24) is 10.3 Å². The van der Waals surface area contributed by atoms with Gasteiger partial charge in [0.2, 0.25) is 0 Å². The molecule has 0 aliphatic carbocycles. The molecule has 2 N–H and O–H groups in total. The zero-order chi connectivity index (χ0) is 15.2. The molecule has 2 aromatic rings. The molecule has 0 aliphatic rings. The number of carbonyl (C=O) groups excluding carboxylic acids is 1.